The number of hydrogen-bond acceptors (Lipinski definition) is 6. The lowest BCUT2D eigenvalue weighted by atomic mass is 10.1. The van der Waals surface area contributed by atoms with E-state index in [1.807, 2.05) is 19.1 Å². The molecule has 0 spiro atoms. The van der Waals surface area contributed by atoms with Gasteiger partial charge >= 0.3 is 10.1 Å². The number of sulfonamides is 1. The highest BCUT2D eigenvalue weighted by Gasteiger charge is 2.29. The molecule has 9 heteroatoms. The topological polar surface area (TPSA) is 93.9 Å². The van der Waals surface area contributed by atoms with E-state index >= 15 is 0 Å². The Balaban J connectivity index is 1.95. The average molecular weight is 478 g/mol. The van der Waals surface area contributed by atoms with Crippen LogP contribution in [-0.2, 0) is 33.2 Å². The molecule has 0 unspecified atom stereocenters. The molecule has 0 atom stereocenters. The molecule has 1 heterocycles. The van der Waals surface area contributed by atoms with E-state index in [4.69, 9.17) is 8.60 Å². The summed E-state index contributed by atoms with van der Waals surface area (Å²) in [6.07, 6.45) is 1.50. The number of furan rings is 1. The molecule has 7 nitrogen and oxygen atoms in total. The summed E-state index contributed by atoms with van der Waals surface area (Å²) in [7, 11) is -7.48. The molecule has 0 aliphatic carbocycles. The van der Waals surface area contributed by atoms with E-state index in [0.717, 1.165) is 5.56 Å². The lowest BCUT2D eigenvalue weighted by Crippen LogP contribution is -2.31. The molecule has 0 N–H and O–H groups in total. The average Bonchev–Trinajstić information content (AvgIpc) is 3.21. The van der Waals surface area contributed by atoms with Gasteiger partial charge in [-0.3, -0.25) is 0 Å². The van der Waals surface area contributed by atoms with E-state index < -0.39 is 20.1 Å². The zero-order valence-electron chi connectivity index (χ0n) is 18.5. The van der Waals surface area contributed by atoms with E-state index in [1.54, 1.807) is 38.1 Å². The summed E-state index contributed by atoms with van der Waals surface area (Å²) in [6, 6.07) is 13.5. The molecule has 0 fully saturated rings. The van der Waals surface area contributed by atoms with Crippen molar-refractivity contribution in [1.82, 2.24) is 4.31 Å². The third kappa shape index (κ3) is 5.59. The van der Waals surface area contributed by atoms with Crippen molar-refractivity contribution in [2.24, 2.45) is 0 Å². The van der Waals surface area contributed by atoms with Gasteiger partial charge in [0.15, 0.2) is 0 Å². The van der Waals surface area contributed by atoms with Gasteiger partial charge in [-0.05, 0) is 68.7 Å². The predicted octanol–water partition coefficient (Wildman–Crippen LogP) is 4.32. The molecule has 2 aromatic carbocycles. The Morgan fingerprint density at radius 1 is 0.906 bits per heavy atom. The Morgan fingerprint density at radius 3 is 2.06 bits per heavy atom. The van der Waals surface area contributed by atoms with Gasteiger partial charge in [0.25, 0.3) is 0 Å². The second kappa shape index (κ2) is 9.48. The first-order valence-electron chi connectivity index (χ1n) is 10.1. The van der Waals surface area contributed by atoms with Crippen LogP contribution >= 0.6 is 0 Å². The highest BCUT2D eigenvalue weighted by molar-refractivity contribution is 7.89. The van der Waals surface area contributed by atoms with Crippen LogP contribution in [0.5, 0.6) is 5.75 Å². The zero-order valence-corrected chi connectivity index (χ0v) is 20.2. The van der Waals surface area contributed by atoms with Crippen LogP contribution in [-0.4, -0.2) is 26.9 Å². The molecule has 0 saturated heterocycles. The summed E-state index contributed by atoms with van der Waals surface area (Å²) in [4.78, 5) is 0.281. The number of aryl methyl sites for hydroxylation is 3. The third-order valence-electron chi connectivity index (χ3n) is 4.97. The molecular weight excluding hydrogens is 450 g/mol. The van der Waals surface area contributed by atoms with Crippen LogP contribution in [0.3, 0.4) is 0 Å². The van der Waals surface area contributed by atoms with Crippen molar-refractivity contribution >= 4 is 20.1 Å². The number of rotatable bonds is 9. The first-order valence-corrected chi connectivity index (χ1v) is 13.1. The SMILES string of the molecule is CCS(=O)(=O)Oc1ccc(CN(Cc2ccco2)S(=O)(=O)c2c(C)cc(C)cc2C)cc1. The lowest BCUT2D eigenvalue weighted by molar-refractivity contribution is 0.358. The van der Waals surface area contributed by atoms with Crippen LogP contribution in [0, 0.1) is 20.8 Å². The molecule has 3 rings (SSSR count). The number of benzene rings is 2. The second-order valence-corrected chi connectivity index (χ2v) is 11.4. The first kappa shape index (κ1) is 24.0. The third-order valence-corrected chi connectivity index (χ3v) is 8.23. The van der Waals surface area contributed by atoms with E-state index in [9.17, 15) is 16.8 Å². The maximum absolute atomic E-state index is 13.7. The number of hydrogen-bond donors (Lipinski definition) is 0. The maximum atomic E-state index is 13.7. The van der Waals surface area contributed by atoms with Gasteiger partial charge in [-0.15, -0.1) is 0 Å². The summed E-state index contributed by atoms with van der Waals surface area (Å²) in [5.74, 6) is 0.561. The van der Waals surface area contributed by atoms with Crippen molar-refractivity contribution in [3.63, 3.8) is 0 Å². The van der Waals surface area contributed by atoms with Crippen molar-refractivity contribution in [3.8, 4) is 5.75 Å². The van der Waals surface area contributed by atoms with Crippen molar-refractivity contribution in [1.29, 1.82) is 0 Å². The molecule has 0 radical (unpaired) electrons. The first-order chi connectivity index (χ1) is 15.0. The molecule has 172 valence electrons. The molecule has 32 heavy (non-hydrogen) atoms. The quantitative estimate of drug-likeness (QED) is 0.426. The predicted molar refractivity (Wildman–Crippen MR) is 122 cm³/mol. The van der Waals surface area contributed by atoms with Gasteiger partial charge in [0, 0.05) is 6.54 Å². The summed E-state index contributed by atoms with van der Waals surface area (Å²) < 4.78 is 62.5. The van der Waals surface area contributed by atoms with Crippen LogP contribution in [0.4, 0.5) is 0 Å². The van der Waals surface area contributed by atoms with Crippen molar-refractivity contribution in [3.05, 3.63) is 82.8 Å². The maximum Gasteiger partial charge on any atom is 0.308 e. The van der Waals surface area contributed by atoms with Gasteiger partial charge in [-0.1, -0.05) is 29.8 Å². The van der Waals surface area contributed by atoms with E-state index in [0.29, 0.717) is 22.5 Å². The van der Waals surface area contributed by atoms with Gasteiger partial charge in [-0.25, -0.2) is 8.42 Å². The fraction of sp³-hybridized carbons (Fsp3) is 0.304. The lowest BCUT2D eigenvalue weighted by Gasteiger charge is -2.24. The normalized spacial score (nSPS) is 12.3. The highest BCUT2D eigenvalue weighted by Crippen LogP contribution is 2.28. The molecule has 0 aliphatic heterocycles. The van der Waals surface area contributed by atoms with Crippen LogP contribution in [0.1, 0.15) is 34.9 Å². The fourth-order valence-corrected chi connectivity index (χ4v) is 5.89. The van der Waals surface area contributed by atoms with Crippen molar-refractivity contribution < 1.29 is 25.4 Å². The minimum atomic E-state index is -3.85. The Kier molecular flexibility index (Phi) is 7.12. The molecule has 0 saturated carbocycles. The summed E-state index contributed by atoms with van der Waals surface area (Å²) in [5.41, 5.74) is 3.04. The van der Waals surface area contributed by atoms with Crippen LogP contribution < -0.4 is 4.18 Å². The Bertz CT molecular complexity index is 1260. The van der Waals surface area contributed by atoms with E-state index in [-0.39, 0.29) is 29.5 Å². The van der Waals surface area contributed by atoms with E-state index in [1.165, 1.54) is 29.6 Å². The van der Waals surface area contributed by atoms with Gasteiger partial charge < -0.3 is 8.60 Å². The minimum absolute atomic E-state index is 0.0601. The fourth-order valence-electron chi connectivity index (χ4n) is 3.56. The van der Waals surface area contributed by atoms with Gasteiger partial charge in [0.05, 0.1) is 23.5 Å². The molecule has 0 amide bonds. The minimum Gasteiger partial charge on any atom is -0.468 e. The van der Waals surface area contributed by atoms with Crippen molar-refractivity contribution in [2.45, 2.75) is 45.7 Å². The molecule has 0 aliphatic rings. The number of nitrogens with zero attached hydrogens (tertiary/aromatic N) is 1. The van der Waals surface area contributed by atoms with Crippen LogP contribution in [0.25, 0.3) is 0 Å². The Labute approximate surface area is 189 Å². The molecule has 3 aromatic rings. The van der Waals surface area contributed by atoms with Gasteiger partial charge in [0.2, 0.25) is 10.0 Å². The van der Waals surface area contributed by atoms with Gasteiger partial charge in [0.1, 0.15) is 11.5 Å². The summed E-state index contributed by atoms with van der Waals surface area (Å²) in [5, 5.41) is 0. The Hall–Kier alpha value is -2.62. The standard InChI is InChI=1S/C23H27NO6S2/c1-5-31(25,26)30-21-10-8-20(9-11-21)15-24(16-22-7-6-12-29-22)32(27,28)23-18(3)13-17(2)14-19(23)4/h6-14H,5,15-16H2,1-4H3. The smallest absolute Gasteiger partial charge is 0.308 e. The van der Waals surface area contributed by atoms with Gasteiger partial charge in [-0.2, -0.15) is 12.7 Å². The summed E-state index contributed by atoms with van der Waals surface area (Å²) in [6.45, 7) is 7.15. The summed E-state index contributed by atoms with van der Waals surface area (Å²) >= 11 is 0. The second-order valence-electron chi connectivity index (χ2n) is 7.65. The van der Waals surface area contributed by atoms with E-state index in [2.05, 4.69) is 0 Å². The molecule has 1 aromatic heterocycles. The molecular formula is C23H27NO6S2. The Morgan fingerprint density at radius 2 is 1.53 bits per heavy atom. The highest BCUT2D eigenvalue weighted by atomic mass is 32.2. The van der Waals surface area contributed by atoms with Crippen molar-refractivity contribution in [2.75, 3.05) is 5.75 Å². The van der Waals surface area contributed by atoms with Crippen LogP contribution in [0.2, 0.25) is 0 Å². The van der Waals surface area contributed by atoms with Crippen LogP contribution in [0.15, 0.2) is 64.1 Å². The largest absolute Gasteiger partial charge is 0.468 e. The zero-order chi connectivity index (χ0) is 23.5. The monoisotopic (exact) mass is 477 g/mol. The molecule has 0 bridgehead atoms.